The SMILES string of the molecule is COC(=O)c1cc(F)c(C#CCC(=O)O)cc1[N+](=O)[O-]. The molecule has 7 nitrogen and oxygen atoms in total. The molecule has 0 atom stereocenters. The van der Waals surface area contributed by atoms with Crippen molar-refractivity contribution in [3.63, 3.8) is 0 Å². The predicted octanol–water partition coefficient (Wildman–Crippen LogP) is 1.35. The van der Waals surface area contributed by atoms with E-state index in [1.807, 2.05) is 0 Å². The molecule has 0 fully saturated rings. The summed E-state index contributed by atoms with van der Waals surface area (Å²) < 4.78 is 17.9. The number of methoxy groups -OCH3 is 1. The first-order chi connectivity index (χ1) is 9.36. The number of nitrogens with zero attached hydrogens (tertiary/aromatic N) is 1. The molecule has 1 rings (SSSR count). The van der Waals surface area contributed by atoms with Crippen molar-refractivity contribution >= 4 is 17.6 Å². The van der Waals surface area contributed by atoms with Crippen LogP contribution in [0.3, 0.4) is 0 Å². The highest BCUT2D eigenvalue weighted by Crippen LogP contribution is 2.23. The number of ether oxygens (including phenoxy) is 1. The highest BCUT2D eigenvalue weighted by molar-refractivity contribution is 5.94. The van der Waals surface area contributed by atoms with Gasteiger partial charge in [0.1, 0.15) is 17.8 Å². The number of esters is 1. The lowest BCUT2D eigenvalue weighted by Crippen LogP contribution is -2.07. The molecule has 0 radical (unpaired) electrons. The average Bonchev–Trinajstić information content (AvgIpc) is 2.38. The van der Waals surface area contributed by atoms with Crippen LogP contribution in [-0.4, -0.2) is 29.1 Å². The average molecular weight is 281 g/mol. The highest BCUT2D eigenvalue weighted by Gasteiger charge is 2.23. The van der Waals surface area contributed by atoms with Crippen LogP contribution in [0.2, 0.25) is 0 Å². The summed E-state index contributed by atoms with van der Waals surface area (Å²) in [6.07, 6.45) is -0.536. The maximum Gasteiger partial charge on any atom is 0.344 e. The normalized spacial score (nSPS) is 9.30. The zero-order valence-corrected chi connectivity index (χ0v) is 10.2. The molecule has 0 heterocycles. The third kappa shape index (κ3) is 3.52. The van der Waals surface area contributed by atoms with Gasteiger partial charge in [0.2, 0.25) is 0 Å². The van der Waals surface area contributed by atoms with Crippen LogP contribution in [0, 0.1) is 27.8 Å². The van der Waals surface area contributed by atoms with Crippen molar-refractivity contribution in [2.75, 3.05) is 7.11 Å². The van der Waals surface area contributed by atoms with E-state index in [1.165, 1.54) is 0 Å². The number of hydrogen-bond acceptors (Lipinski definition) is 5. The minimum atomic E-state index is -1.21. The summed E-state index contributed by atoms with van der Waals surface area (Å²) in [6, 6.07) is 1.39. The van der Waals surface area contributed by atoms with E-state index >= 15 is 0 Å². The molecule has 1 N–H and O–H groups in total. The van der Waals surface area contributed by atoms with Gasteiger partial charge in [-0.25, -0.2) is 9.18 Å². The van der Waals surface area contributed by atoms with Crippen LogP contribution in [0.4, 0.5) is 10.1 Å². The van der Waals surface area contributed by atoms with Crippen molar-refractivity contribution < 1.29 is 28.7 Å². The number of aliphatic carboxylic acids is 1. The Bertz CT molecular complexity index is 643. The molecular formula is C12H8FNO6. The van der Waals surface area contributed by atoms with Crippen LogP contribution in [0.15, 0.2) is 12.1 Å². The smallest absolute Gasteiger partial charge is 0.344 e. The molecule has 0 unspecified atom stereocenters. The van der Waals surface area contributed by atoms with Gasteiger partial charge < -0.3 is 9.84 Å². The second-order valence-electron chi connectivity index (χ2n) is 3.47. The summed E-state index contributed by atoms with van der Waals surface area (Å²) >= 11 is 0. The van der Waals surface area contributed by atoms with Crippen LogP contribution in [0.25, 0.3) is 0 Å². The van der Waals surface area contributed by atoms with Crippen molar-refractivity contribution in [1.82, 2.24) is 0 Å². The first-order valence-electron chi connectivity index (χ1n) is 5.13. The number of halogens is 1. The molecule has 0 aliphatic heterocycles. The van der Waals surface area contributed by atoms with Crippen LogP contribution in [-0.2, 0) is 9.53 Å². The molecule has 104 valence electrons. The highest BCUT2D eigenvalue weighted by atomic mass is 19.1. The second kappa shape index (κ2) is 6.29. The molecule has 20 heavy (non-hydrogen) atoms. The maximum absolute atomic E-state index is 13.6. The fraction of sp³-hybridized carbons (Fsp3) is 0.167. The minimum absolute atomic E-state index is 0.370. The fourth-order valence-corrected chi connectivity index (χ4v) is 1.30. The Hall–Kier alpha value is -2.95. The van der Waals surface area contributed by atoms with Gasteiger partial charge in [0.05, 0.1) is 17.6 Å². The van der Waals surface area contributed by atoms with E-state index in [4.69, 9.17) is 5.11 Å². The quantitative estimate of drug-likeness (QED) is 0.388. The van der Waals surface area contributed by atoms with Crippen molar-refractivity contribution in [3.8, 4) is 11.8 Å². The van der Waals surface area contributed by atoms with E-state index in [0.29, 0.717) is 6.07 Å². The standard InChI is InChI=1S/C12H8FNO6/c1-20-12(17)8-6-9(13)7(3-2-4-11(15)16)5-10(8)14(18)19/h5-6H,4H2,1H3,(H,15,16). The zero-order chi connectivity index (χ0) is 15.3. The fourth-order valence-electron chi connectivity index (χ4n) is 1.30. The Morgan fingerprint density at radius 2 is 2.15 bits per heavy atom. The number of carboxylic acid groups (broad SMARTS) is 1. The Kier molecular flexibility index (Phi) is 4.75. The van der Waals surface area contributed by atoms with E-state index in [-0.39, 0.29) is 5.56 Å². The van der Waals surface area contributed by atoms with Crippen molar-refractivity contribution in [2.45, 2.75) is 6.42 Å². The molecule has 0 spiro atoms. The largest absolute Gasteiger partial charge is 0.481 e. The summed E-state index contributed by atoms with van der Waals surface area (Å²) in [5.41, 5.74) is -1.58. The van der Waals surface area contributed by atoms with Gasteiger partial charge >= 0.3 is 11.9 Å². The summed E-state index contributed by atoms with van der Waals surface area (Å²) in [4.78, 5) is 31.5. The lowest BCUT2D eigenvalue weighted by molar-refractivity contribution is -0.385. The molecule has 1 aromatic rings. The lowest BCUT2D eigenvalue weighted by atomic mass is 10.1. The van der Waals surface area contributed by atoms with Gasteiger partial charge in [-0.1, -0.05) is 11.8 Å². The van der Waals surface area contributed by atoms with Gasteiger partial charge in [-0.2, -0.15) is 0 Å². The van der Waals surface area contributed by atoms with Crippen LogP contribution in [0.1, 0.15) is 22.3 Å². The number of carbonyl (C=O) groups is 2. The van der Waals surface area contributed by atoms with Crippen molar-refractivity contribution in [3.05, 3.63) is 39.2 Å². The maximum atomic E-state index is 13.6. The van der Waals surface area contributed by atoms with Gasteiger partial charge in [-0.05, 0) is 6.07 Å². The minimum Gasteiger partial charge on any atom is -0.481 e. The molecular weight excluding hydrogens is 273 g/mol. The van der Waals surface area contributed by atoms with E-state index in [9.17, 15) is 24.1 Å². The molecule has 0 aliphatic carbocycles. The monoisotopic (exact) mass is 281 g/mol. The number of nitro benzene ring substituents is 1. The number of hydrogen-bond donors (Lipinski definition) is 1. The first-order valence-corrected chi connectivity index (χ1v) is 5.13. The summed E-state index contributed by atoms with van der Waals surface area (Å²) in [7, 11) is 1.00. The molecule has 0 aliphatic rings. The van der Waals surface area contributed by atoms with E-state index in [1.54, 1.807) is 0 Å². The molecule has 0 aromatic heterocycles. The summed E-state index contributed by atoms with van der Waals surface area (Å²) in [5.74, 6) is 1.06. The van der Waals surface area contributed by atoms with Crippen molar-refractivity contribution in [2.24, 2.45) is 0 Å². The third-order valence-corrected chi connectivity index (χ3v) is 2.15. The zero-order valence-electron chi connectivity index (χ0n) is 10.2. The lowest BCUT2D eigenvalue weighted by Gasteiger charge is -2.02. The van der Waals surface area contributed by atoms with Crippen molar-refractivity contribution in [1.29, 1.82) is 0 Å². The number of rotatable bonds is 3. The molecule has 0 bridgehead atoms. The van der Waals surface area contributed by atoms with Gasteiger partial charge in [0.15, 0.2) is 0 Å². The van der Waals surface area contributed by atoms with Crippen LogP contribution >= 0.6 is 0 Å². The Labute approximate surface area is 112 Å². The summed E-state index contributed by atoms with van der Waals surface area (Å²) in [5, 5.41) is 19.2. The Morgan fingerprint density at radius 1 is 1.50 bits per heavy atom. The Balaban J connectivity index is 3.32. The van der Waals surface area contributed by atoms with Gasteiger partial charge in [0.25, 0.3) is 5.69 Å². The first kappa shape index (κ1) is 15.1. The number of benzene rings is 1. The van der Waals surface area contributed by atoms with Crippen LogP contribution < -0.4 is 0 Å². The number of nitro groups is 1. The van der Waals surface area contributed by atoms with E-state index in [0.717, 1.165) is 13.2 Å². The van der Waals surface area contributed by atoms with E-state index in [2.05, 4.69) is 16.6 Å². The predicted molar refractivity (Wildman–Crippen MR) is 63.5 cm³/mol. The van der Waals surface area contributed by atoms with Gasteiger partial charge in [0, 0.05) is 6.07 Å². The van der Waals surface area contributed by atoms with Gasteiger partial charge in [-0.15, -0.1) is 0 Å². The third-order valence-electron chi connectivity index (χ3n) is 2.15. The van der Waals surface area contributed by atoms with E-state index < -0.39 is 40.4 Å². The topological polar surface area (TPSA) is 107 Å². The number of carboxylic acids is 1. The Morgan fingerprint density at radius 3 is 2.65 bits per heavy atom. The van der Waals surface area contributed by atoms with Crippen LogP contribution in [0.5, 0.6) is 0 Å². The molecule has 0 saturated carbocycles. The molecule has 8 heteroatoms. The molecule has 1 aromatic carbocycles. The van der Waals surface area contributed by atoms with Gasteiger partial charge in [-0.3, -0.25) is 14.9 Å². The second-order valence-corrected chi connectivity index (χ2v) is 3.47. The summed E-state index contributed by atoms with van der Waals surface area (Å²) in [6.45, 7) is 0. The molecule has 0 saturated heterocycles. The molecule has 0 amide bonds. The number of carbonyl (C=O) groups excluding carboxylic acids is 1.